The van der Waals surface area contributed by atoms with Crippen molar-refractivity contribution < 1.29 is 32.2 Å². The van der Waals surface area contributed by atoms with Crippen molar-refractivity contribution >= 4 is 12.0 Å². The van der Waals surface area contributed by atoms with E-state index >= 15 is 0 Å². The summed E-state index contributed by atoms with van der Waals surface area (Å²) in [5.41, 5.74) is 0.449. The van der Waals surface area contributed by atoms with Crippen LogP contribution in [0.1, 0.15) is 16.7 Å². The maximum atomic E-state index is 12.7. The van der Waals surface area contributed by atoms with E-state index in [0.29, 0.717) is 28.4 Å². The number of carbonyl (C=O) groups is 1. The third kappa shape index (κ3) is 6.17. The fourth-order valence-electron chi connectivity index (χ4n) is 2.66. The molecule has 2 rings (SSSR count). The number of nitrogens with one attached hydrogen (secondary N) is 1. The van der Waals surface area contributed by atoms with Gasteiger partial charge in [0.2, 0.25) is 11.7 Å². The van der Waals surface area contributed by atoms with Crippen molar-refractivity contribution in [3.63, 3.8) is 0 Å². The molecule has 29 heavy (non-hydrogen) atoms. The molecular formula is C21H22F3NO4. The molecule has 0 unspecified atom stereocenters. The standard InChI is InChI=1S/C21H22F3NO4/c1-27-17-12-15(13-18(28-2)20(17)29-3)7-8-19(26)25-10-9-14-5-4-6-16(11-14)21(22,23)24/h4-8,11-13H,9-10H2,1-3H3,(H,25,26). The number of rotatable bonds is 8. The van der Waals surface area contributed by atoms with Gasteiger partial charge in [-0.3, -0.25) is 4.79 Å². The summed E-state index contributed by atoms with van der Waals surface area (Å²) in [4.78, 5) is 12.0. The van der Waals surface area contributed by atoms with Crippen LogP contribution in [0, 0.1) is 0 Å². The highest BCUT2D eigenvalue weighted by Crippen LogP contribution is 2.38. The summed E-state index contributed by atoms with van der Waals surface area (Å²) in [6, 6.07) is 8.42. The van der Waals surface area contributed by atoms with Gasteiger partial charge in [0.1, 0.15) is 0 Å². The molecular weight excluding hydrogens is 387 g/mol. The van der Waals surface area contributed by atoms with Crippen LogP contribution in [0.3, 0.4) is 0 Å². The third-order valence-corrected chi connectivity index (χ3v) is 4.08. The number of hydrogen-bond acceptors (Lipinski definition) is 4. The second kappa shape index (κ2) is 9.86. The van der Waals surface area contributed by atoms with Gasteiger partial charge in [-0.05, 0) is 41.8 Å². The van der Waals surface area contributed by atoms with Crippen molar-refractivity contribution in [1.82, 2.24) is 5.32 Å². The van der Waals surface area contributed by atoms with Crippen molar-refractivity contribution in [3.8, 4) is 17.2 Å². The monoisotopic (exact) mass is 409 g/mol. The molecule has 5 nitrogen and oxygen atoms in total. The molecule has 0 bridgehead atoms. The molecule has 0 aromatic heterocycles. The number of alkyl halides is 3. The summed E-state index contributed by atoms with van der Waals surface area (Å²) in [7, 11) is 4.48. The first-order chi connectivity index (χ1) is 13.8. The molecule has 0 aliphatic carbocycles. The van der Waals surface area contributed by atoms with E-state index in [4.69, 9.17) is 14.2 Å². The van der Waals surface area contributed by atoms with E-state index in [-0.39, 0.29) is 18.9 Å². The van der Waals surface area contributed by atoms with E-state index < -0.39 is 11.7 Å². The first kappa shape index (κ1) is 22.1. The molecule has 0 heterocycles. The zero-order chi connectivity index (χ0) is 21.4. The highest BCUT2D eigenvalue weighted by molar-refractivity contribution is 5.91. The maximum absolute atomic E-state index is 12.7. The number of amides is 1. The normalized spacial score (nSPS) is 11.4. The van der Waals surface area contributed by atoms with Crippen LogP contribution in [-0.4, -0.2) is 33.8 Å². The first-order valence-electron chi connectivity index (χ1n) is 8.70. The highest BCUT2D eigenvalue weighted by Gasteiger charge is 2.30. The molecule has 0 saturated heterocycles. The van der Waals surface area contributed by atoms with E-state index in [1.807, 2.05) is 0 Å². The quantitative estimate of drug-likeness (QED) is 0.667. The smallest absolute Gasteiger partial charge is 0.416 e. The van der Waals surface area contributed by atoms with Crippen LogP contribution >= 0.6 is 0 Å². The van der Waals surface area contributed by atoms with Gasteiger partial charge in [-0.25, -0.2) is 0 Å². The van der Waals surface area contributed by atoms with E-state index in [9.17, 15) is 18.0 Å². The Hall–Kier alpha value is -3.16. The van der Waals surface area contributed by atoms with Crippen molar-refractivity contribution in [3.05, 3.63) is 59.2 Å². The Kier molecular flexibility index (Phi) is 7.52. The molecule has 0 aliphatic rings. The zero-order valence-corrected chi connectivity index (χ0v) is 16.3. The topological polar surface area (TPSA) is 56.8 Å². The van der Waals surface area contributed by atoms with Gasteiger partial charge >= 0.3 is 6.18 Å². The lowest BCUT2D eigenvalue weighted by Crippen LogP contribution is -2.23. The fraction of sp³-hybridized carbons (Fsp3) is 0.286. The number of methoxy groups -OCH3 is 3. The number of hydrogen-bond donors (Lipinski definition) is 1. The minimum atomic E-state index is -4.39. The fourth-order valence-corrected chi connectivity index (χ4v) is 2.66. The van der Waals surface area contributed by atoms with Crippen molar-refractivity contribution in [2.75, 3.05) is 27.9 Å². The summed E-state index contributed by atoms with van der Waals surface area (Å²) < 4.78 is 53.9. The minimum Gasteiger partial charge on any atom is -0.493 e. The minimum absolute atomic E-state index is 0.208. The van der Waals surface area contributed by atoms with Crippen LogP contribution < -0.4 is 19.5 Å². The average Bonchev–Trinajstić information content (AvgIpc) is 2.70. The summed E-state index contributed by atoms with van der Waals surface area (Å²) in [5, 5.41) is 2.65. The molecule has 8 heteroatoms. The van der Waals surface area contributed by atoms with Crippen LogP contribution in [0.25, 0.3) is 6.08 Å². The van der Waals surface area contributed by atoms with Gasteiger partial charge < -0.3 is 19.5 Å². The van der Waals surface area contributed by atoms with Gasteiger partial charge in [-0.1, -0.05) is 18.2 Å². The van der Waals surface area contributed by atoms with Crippen LogP contribution in [0.5, 0.6) is 17.2 Å². The summed E-state index contributed by atoms with van der Waals surface area (Å²) >= 11 is 0. The molecule has 0 fully saturated rings. The van der Waals surface area contributed by atoms with Crippen molar-refractivity contribution in [1.29, 1.82) is 0 Å². The van der Waals surface area contributed by atoms with E-state index in [0.717, 1.165) is 12.1 Å². The maximum Gasteiger partial charge on any atom is 0.416 e. The average molecular weight is 409 g/mol. The van der Waals surface area contributed by atoms with Gasteiger partial charge in [-0.2, -0.15) is 13.2 Å². The zero-order valence-electron chi connectivity index (χ0n) is 16.3. The van der Waals surface area contributed by atoms with Crippen LogP contribution in [-0.2, 0) is 17.4 Å². The molecule has 0 aliphatic heterocycles. The van der Waals surface area contributed by atoms with Crippen LogP contribution in [0.2, 0.25) is 0 Å². The van der Waals surface area contributed by atoms with Gasteiger partial charge in [0.05, 0.1) is 26.9 Å². The Morgan fingerprint density at radius 2 is 1.69 bits per heavy atom. The Labute approximate surface area is 167 Å². The van der Waals surface area contributed by atoms with E-state index in [1.54, 1.807) is 24.3 Å². The molecule has 1 N–H and O–H groups in total. The largest absolute Gasteiger partial charge is 0.493 e. The van der Waals surface area contributed by atoms with Gasteiger partial charge in [0, 0.05) is 12.6 Å². The predicted molar refractivity (Wildman–Crippen MR) is 103 cm³/mol. The Morgan fingerprint density at radius 3 is 2.24 bits per heavy atom. The lowest BCUT2D eigenvalue weighted by Gasteiger charge is -2.12. The van der Waals surface area contributed by atoms with Crippen molar-refractivity contribution in [2.45, 2.75) is 12.6 Å². The lowest BCUT2D eigenvalue weighted by molar-refractivity contribution is -0.137. The van der Waals surface area contributed by atoms with Gasteiger partial charge in [-0.15, -0.1) is 0 Å². The van der Waals surface area contributed by atoms with E-state index in [1.165, 1.54) is 33.5 Å². The second-order valence-corrected chi connectivity index (χ2v) is 6.03. The lowest BCUT2D eigenvalue weighted by atomic mass is 10.1. The first-order valence-corrected chi connectivity index (χ1v) is 8.70. The van der Waals surface area contributed by atoms with Crippen LogP contribution in [0.15, 0.2) is 42.5 Å². The third-order valence-electron chi connectivity index (χ3n) is 4.08. The number of benzene rings is 2. The molecule has 0 atom stereocenters. The van der Waals surface area contributed by atoms with Crippen LogP contribution in [0.4, 0.5) is 13.2 Å². The molecule has 156 valence electrons. The molecule has 0 spiro atoms. The highest BCUT2D eigenvalue weighted by atomic mass is 19.4. The molecule has 0 saturated carbocycles. The Bertz CT molecular complexity index is 853. The Balaban J connectivity index is 1.97. The van der Waals surface area contributed by atoms with Crippen molar-refractivity contribution in [2.24, 2.45) is 0 Å². The summed E-state index contributed by atoms with van der Waals surface area (Å²) in [6.45, 7) is 0.208. The molecule has 1 amide bonds. The predicted octanol–water partition coefficient (Wildman–Crippen LogP) is 4.10. The van der Waals surface area contributed by atoms with E-state index in [2.05, 4.69) is 5.32 Å². The Morgan fingerprint density at radius 1 is 1.03 bits per heavy atom. The van der Waals surface area contributed by atoms with Gasteiger partial charge in [0.15, 0.2) is 11.5 Å². The second-order valence-electron chi connectivity index (χ2n) is 6.03. The number of ether oxygens (including phenoxy) is 3. The summed E-state index contributed by atoms with van der Waals surface area (Å²) in [5.74, 6) is 0.983. The SMILES string of the molecule is COc1cc(C=CC(=O)NCCc2cccc(C(F)(F)F)c2)cc(OC)c1OC. The molecule has 2 aromatic rings. The molecule has 2 aromatic carbocycles. The number of carbonyl (C=O) groups excluding carboxylic acids is 1. The summed E-state index contributed by atoms with van der Waals surface area (Å²) in [6.07, 6.45) is -1.20. The number of halogens is 3. The molecule has 0 radical (unpaired) electrons. The van der Waals surface area contributed by atoms with Gasteiger partial charge in [0.25, 0.3) is 0 Å².